The van der Waals surface area contributed by atoms with Crippen molar-refractivity contribution >= 4 is 28.2 Å². The number of aromatic nitrogens is 2. The third kappa shape index (κ3) is 3.49. The van der Waals surface area contributed by atoms with E-state index in [1.54, 1.807) is 24.6 Å². The normalized spacial score (nSPS) is 11.9. The molecular formula is C20H18FN3O2S. The quantitative estimate of drug-likeness (QED) is 0.452. The number of nitrogens with zero attached hydrogens (tertiary/aromatic N) is 3. The first-order chi connectivity index (χ1) is 13.0. The third-order valence-corrected chi connectivity index (χ3v) is 5.40. The SMILES string of the molecule is C=CCOC(=O)c1sc(-c2ccc3c(c2)c(C#N)cn3C(C)CF)nc1C. The van der Waals surface area contributed by atoms with Gasteiger partial charge in [0.05, 0.1) is 17.3 Å². The van der Waals surface area contributed by atoms with Crippen LogP contribution in [0.3, 0.4) is 0 Å². The lowest BCUT2D eigenvalue weighted by molar-refractivity contribution is 0.0554. The lowest BCUT2D eigenvalue weighted by Crippen LogP contribution is -2.04. The van der Waals surface area contributed by atoms with Crippen LogP contribution in [0.15, 0.2) is 37.1 Å². The molecule has 3 rings (SSSR count). The van der Waals surface area contributed by atoms with E-state index in [4.69, 9.17) is 4.74 Å². The molecule has 3 aromatic rings. The molecule has 1 aromatic carbocycles. The zero-order valence-corrected chi connectivity index (χ0v) is 15.8. The van der Waals surface area contributed by atoms with Crippen molar-refractivity contribution in [2.75, 3.05) is 13.3 Å². The molecule has 7 heteroatoms. The Hall–Kier alpha value is -2.98. The lowest BCUT2D eigenvalue weighted by Gasteiger charge is -2.10. The van der Waals surface area contributed by atoms with Gasteiger partial charge in [-0.15, -0.1) is 11.3 Å². The second-order valence-corrected chi connectivity index (χ2v) is 7.12. The number of carbonyl (C=O) groups is 1. The summed E-state index contributed by atoms with van der Waals surface area (Å²) in [5, 5.41) is 10.8. The van der Waals surface area contributed by atoms with Crippen LogP contribution in [-0.4, -0.2) is 28.8 Å². The van der Waals surface area contributed by atoms with Gasteiger partial charge in [-0.1, -0.05) is 12.7 Å². The number of aryl methyl sites for hydroxylation is 1. The van der Waals surface area contributed by atoms with Gasteiger partial charge >= 0.3 is 5.97 Å². The van der Waals surface area contributed by atoms with Crippen LogP contribution in [0.2, 0.25) is 0 Å². The van der Waals surface area contributed by atoms with Crippen LogP contribution in [0.5, 0.6) is 0 Å². The largest absolute Gasteiger partial charge is 0.457 e. The summed E-state index contributed by atoms with van der Waals surface area (Å²) in [5.74, 6) is -0.433. The number of ether oxygens (including phenoxy) is 1. The van der Waals surface area contributed by atoms with Crippen molar-refractivity contribution in [2.24, 2.45) is 0 Å². The van der Waals surface area contributed by atoms with E-state index in [0.717, 1.165) is 16.5 Å². The second-order valence-electron chi connectivity index (χ2n) is 6.12. The number of hydrogen-bond acceptors (Lipinski definition) is 5. The highest BCUT2D eigenvalue weighted by molar-refractivity contribution is 7.17. The van der Waals surface area contributed by atoms with Crippen LogP contribution >= 0.6 is 11.3 Å². The summed E-state index contributed by atoms with van der Waals surface area (Å²) in [5.41, 5.74) is 2.65. The predicted molar refractivity (Wildman–Crippen MR) is 104 cm³/mol. The van der Waals surface area contributed by atoms with E-state index in [-0.39, 0.29) is 12.6 Å². The van der Waals surface area contributed by atoms with Crippen molar-refractivity contribution in [3.05, 3.63) is 53.2 Å². The average molecular weight is 383 g/mol. The molecule has 0 saturated heterocycles. The average Bonchev–Trinajstić information content (AvgIpc) is 3.25. The van der Waals surface area contributed by atoms with Crippen molar-refractivity contribution in [3.8, 4) is 16.6 Å². The maximum Gasteiger partial charge on any atom is 0.350 e. The number of alkyl halides is 1. The molecule has 0 saturated carbocycles. The second kappa shape index (κ2) is 7.72. The standard InChI is InChI=1S/C20H18FN3O2S/c1-4-7-26-20(25)18-13(3)23-19(27-18)14-5-6-17-16(8-14)15(10-22)11-24(17)12(2)9-21/h4-6,8,11-12H,1,7,9H2,2-3H3. The number of carbonyl (C=O) groups excluding carboxylic acids is 1. The maximum atomic E-state index is 13.1. The summed E-state index contributed by atoms with van der Waals surface area (Å²) in [7, 11) is 0. The minimum absolute atomic E-state index is 0.142. The Morgan fingerprint density at radius 1 is 1.56 bits per heavy atom. The highest BCUT2D eigenvalue weighted by Crippen LogP contribution is 2.33. The molecular weight excluding hydrogens is 365 g/mol. The van der Waals surface area contributed by atoms with E-state index in [2.05, 4.69) is 17.6 Å². The van der Waals surface area contributed by atoms with Crippen LogP contribution in [0.1, 0.15) is 33.9 Å². The molecule has 0 spiro atoms. The fourth-order valence-electron chi connectivity index (χ4n) is 2.83. The molecule has 5 nitrogen and oxygen atoms in total. The van der Waals surface area contributed by atoms with Crippen LogP contribution in [0.4, 0.5) is 4.39 Å². The first-order valence-corrected chi connectivity index (χ1v) is 9.18. The molecule has 2 heterocycles. The minimum Gasteiger partial charge on any atom is -0.457 e. The van der Waals surface area contributed by atoms with Crippen LogP contribution in [0, 0.1) is 18.3 Å². The molecule has 0 bridgehead atoms. The molecule has 138 valence electrons. The predicted octanol–water partition coefficient (Wildman–Crippen LogP) is 4.82. The van der Waals surface area contributed by atoms with E-state index in [9.17, 15) is 14.4 Å². The van der Waals surface area contributed by atoms with E-state index in [1.165, 1.54) is 17.4 Å². The van der Waals surface area contributed by atoms with Gasteiger partial charge in [0.2, 0.25) is 0 Å². The fourth-order valence-corrected chi connectivity index (χ4v) is 3.78. The van der Waals surface area contributed by atoms with Gasteiger partial charge in [0, 0.05) is 22.7 Å². The summed E-state index contributed by atoms with van der Waals surface area (Å²) < 4.78 is 20.0. The van der Waals surface area contributed by atoms with Gasteiger partial charge in [-0.05, 0) is 32.0 Å². The molecule has 0 aliphatic heterocycles. The van der Waals surface area contributed by atoms with Gasteiger partial charge in [-0.3, -0.25) is 0 Å². The maximum absolute atomic E-state index is 13.1. The van der Waals surface area contributed by atoms with Crippen LogP contribution in [-0.2, 0) is 4.74 Å². The summed E-state index contributed by atoms with van der Waals surface area (Å²) in [6.07, 6.45) is 3.18. The highest BCUT2D eigenvalue weighted by atomic mass is 32.1. The Balaban J connectivity index is 2.05. The van der Waals surface area contributed by atoms with E-state index >= 15 is 0 Å². The number of fused-ring (bicyclic) bond motifs is 1. The van der Waals surface area contributed by atoms with Crippen molar-refractivity contribution in [1.82, 2.24) is 9.55 Å². The molecule has 0 N–H and O–H groups in total. The molecule has 27 heavy (non-hydrogen) atoms. The Morgan fingerprint density at radius 2 is 2.33 bits per heavy atom. The third-order valence-electron chi connectivity index (χ3n) is 4.21. The number of nitriles is 1. The van der Waals surface area contributed by atoms with Crippen LogP contribution < -0.4 is 0 Å². The van der Waals surface area contributed by atoms with E-state index in [1.807, 2.05) is 18.2 Å². The molecule has 0 amide bonds. The summed E-state index contributed by atoms with van der Waals surface area (Å²) in [4.78, 5) is 17.0. The minimum atomic E-state index is -0.516. The lowest BCUT2D eigenvalue weighted by atomic mass is 10.1. The summed E-state index contributed by atoms with van der Waals surface area (Å²) in [6, 6.07) is 7.38. The zero-order chi connectivity index (χ0) is 19.6. The van der Waals surface area contributed by atoms with Gasteiger partial charge < -0.3 is 9.30 Å². The Kier molecular flexibility index (Phi) is 5.38. The van der Waals surface area contributed by atoms with Crippen molar-refractivity contribution in [2.45, 2.75) is 19.9 Å². The van der Waals surface area contributed by atoms with Gasteiger partial charge in [0.15, 0.2) is 0 Å². The smallest absolute Gasteiger partial charge is 0.350 e. The molecule has 2 aromatic heterocycles. The van der Waals surface area contributed by atoms with Crippen molar-refractivity contribution in [1.29, 1.82) is 5.26 Å². The molecule has 1 atom stereocenters. The first-order valence-electron chi connectivity index (χ1n) is 8.36. The van der Waals surface area contributed by atoms with Gasteiger partial charge in [0.25, 0.3) is 0 Å². The number of esters is 1. The molecule has 0 radical (unpaired) electrons. The van der Waals surface area contributed by atoms with Gasteiger partial charge in [0.1, 0.15) is 29.2 Å². The topological polar surface area (TPSA) is 67.9 Å². The molecule has 0 fully saturated rings. The summed E-state index contributed by atoms with van der Waals surface area (Å²) >= 11 is 1.24. The highest BCUT2D eigenvalue weighted by Gasteiger charge is 2.19. The zero-order valence-electron chi connectivity index (χ0n) is 15.0. The van der Waals surface area contributed by atoms with Crippen molar-refractivity contribution in [3.63, 3.8) is 0 Å². The molecule has 0 aliphatic carbocycles. The summed E-state index contributed by atoms with van der Waals surface area (Å²) in [6.45, 7) is 6.67. The van der Waals surface area contributed by atoms with Crippen molar-refractivity contribution < 1.29 is 13.9 Å². The molecule has 0 aliphatic rings. The number of thiazole rings is 1. The monoisotopic (exact) mass is 383 g/mol. The van der Waals surface area contributed by atoms with Gasteiger partial charge in [-0.25, -0.2) is 14.2 Å². The Morgan fingerprint density at radius 3 is 3.00 bits per heavy atom. The van der Waals surface area contributed by atoms with Crippen LogP contribution in [0.25, 0.3) is 21.5 Å². The van der Waals surface area contributed by atoms with E-state index in [0.29, 0.717) is 21.1 Å². The first kappa shape index (κ1) is 18.8. The van der Waals surface area contributed by atoms with Gasteiger partial charge in [-0.2, -0.15) is 5.26 Å². The number of rotatable bonds is 6. The number of benzene rings is 1. The Labute approximate surface area is 160 Å². The number of hydrogen-bond donors (Lipinski definition) is 0. The van der Waals surface area contributed by atoms with E-state index < -0.39 is 12.6 Å². The Bertz CT molecular complexity index is 1060. The fraction of sp³-hybridized carbons (Fsp3) is 0.250. The molecule has 1 unspecified atom stereocenters. The number of halogens is 1.